The Morgan fingerprint density at radius 3 is 2.38 bits per heavy atom. The highest BCUT2D eigenvalue weighted by molar-refractivity contribution is 6.30. The summed E-state index contributed by atoms with van der Waals surface area (Å²) in [6.45, 7) is 0.499. The normalized spacial score (nSPS) is 10.9. The van der Waals surface area contributed by atoms with Gasteiger partial charge in [-0.3, -0.25) is 0 Å². The number of ether oxygens (including phenoxy) is 1. The van der Waals surface area contributed by atoms with Gasteiger partial charge >= 0.3 is 0 Å². The molecule has 3 nitrogen and oxygen atoms in total. The van der Waals surface area contributed by atoms with Crippen molar-refractivity contribution in [2.75, 3.05) is 0 Å². The van der Waals surface area contributed by atoms with Crippen LogP contribution >= 0.6 is 11.6 Å². The number of oxazole rings is 1. The number of hydrogen-bond acceptors (Lipinski definition) is 3. The number of fused-ring (bicyclic) bond motifs is 1. The second kappa shape index (κ2) is 6.38. The summed E-state index contributed by atoms with van der Waals surface area (Å²) in [6.07, 6.45) is 0. The van der Waals surface area contributed by atoms with Gasteiger partial charge in [-0.25, -0.2) is 4.98 Å². The van der Waals surface area contributed by atoms with E-state index in [0.717, 1.165) is 33.0 Å². The Labute approximate surface area is 144 Å². The minimum absolute atomic E-state index is 0.499. The molecule has 4 heteroatoms. The molecule has 0 aliphatic rings. The molecule has 0 saturated carbocycles. The van der Waals surface area contributed by atoms with Crippen molar-refractivity contribution in [1.82, 2.24) is 4.98 Å². The zero-order valence-corrected chi connectivity index (χ0v) is 13.5. The summed E-state index contributed by atoms with van der Waals surface area (Å²) in [7, 11) is 0. The first-order valence-corrected chi connectivity index (χ1v) is 7.99. The number of halogens is 1. The van der Waals surface area contributed by atoms with Gasteiger partial charge in [0, 0.05) is 10.6 Å². The lowest BCUT2D eigenvalue weighted by atomic mass is 10.2. The average Bonchev–Trinajstić information content (AvgIpc) is 3.06. The first-order chi connectivity index (χ1) is 11.8. The van der Waals surface area contributed by atoms with Crippen LogP contribution in [-0.2, 0) is 6.61 Å². The van der Waals surface area contributed by atoms with Crippen LogP contribution in [0.25, 0.3) is 22.6 Å². The fraction of sp³-hybridized carbons (Fsp3) is 0.0500. The van der Waals surface area contributed by atoms with Crippen molar-refractivity contribution in [2.45, 2.75) is 6.61 Å². The molecule has 4 aromatic rings. The Kier molecular flexibility index (Phi) is 3.93. The molecule has 0 radical (unpaired) electrons. The van der Waals surface area contributed by atoms with E-state index < -0.39 is 0 Å². The highest BCUT2D eigenvalue weighted by Crippen LogP contribution is 2.26. The molecule has 3 aromatic carbocycles. The van der Waals surface area contributed by atoms with Crippen LogP contribution in [0.2, 0.25) is 5.02 Å². The molecule has 1 heterocycles. The van der Waals surface area contributed by atoms with Crippen LogP contribution in [0, 0.1) is 0 Å². The summed E-state index contributed by atoms with van der Waals surface area (Å²) in [5, 5.41) is 0.724. The van der Waals surface area contributed by atoms with E-state index in [0.29, 0.717) is 12.5 Å². The van der Waals surface area contributed by atoms with Crippen LogP contribution < -0.4 is 4.74 Å². The van der Waals surface area contributed by atoms with Crippen molar-refractivity contribution in [1.29, 1.82) is 0 Å². The molecule has 0 N–H and O–H groups in total. The zero-order chi connectivity index (χ0) is 16.4. The van der Waals surface area contributed by atoms with Gasteiger partial charge in [0.2, 0.25) is 5.89 Å². The van der Waals surface area contributed by atoms with Crippen LogP contribution in [0.4, 0.5) is 0 Å². The van der Waals surface area contributed by atoms with E-state index >= 15 is 0 Å². The predicted octanol–water partition coefficient (Wildman–Crippen LogP) is 5.73. The Morgan fingerprint density at radius 2 is 1.62 bits per heavy atom. The van der Waals surface area contributed by atoms with E-state index in [1.807, 2.05) is 72.8 Å². The van der Waals surface area contributed by atoms with Gasteiger partial charge in [-0.1, -0.05) is 35.9 Å². The minimum Gasteiger partial charge on any atom is -0.489 e. The predicted molar refractivity (Wildman–Crippen MR) is 95.2 cm³/mol. The highest BCUT2D eigenvalue weighted by atomic mass is 35.5. The molecule has 118 valence electrons. The molecule has 4 rings (SSSR count). The molecule has 24 heavy (non-hydrogen) atoms. The number of aromatic nitrogens is 1. The van der Waals surface area contributed by atoms with Gasteiger partial charge in [-0.05, 0) is 54.1 Å². The first-order valence-electron chi connectivity index (χ1n) is 7.61. The number of nitrogens with zero attached hydrogens (tertiary/aromatic N) is 1. The highest BCUT2D eigenvalue weighted by Gasteiger charge is 2.07. The summed E-state index contributed by atoms with van der Waals surface area (Å²) in [6, 6.07) is 23.1. The molecule has 0 aliphatic carbocycles. The lowest BCUT2D eigenvalue weighted by Gasteiger charge is -2.06. The molecule has 0 atom stereocenters. The van der Waals surface area contributed by atoms with Gasteiger partial charge < -0.3 is 9.15 Å². The van der Waals surface area contributed by atoms with E-state index in [4.69, 9.17) is 20.8 Å². The summed E-state index contributed by atoms with van der Waals surface area (Å²) in [5.74, 6) is 1.41. The third-order valence-electron chi connectivity index (χ3n) is 3.71. The summed E-state index contributed by atoms with van der Waals surface area (Å²) in [5.41, 5.74) is 3.64. The maximum absolute atomic E-state index is 5.88. The third-order valence-corrected chi connectivity index (χ3v) is 3.97. The fourth-order valence-electron chi connectivity index (χ4n) is 2.44. The molecule has 0 aliphatic heterocycles. The Hall–Kier alpha value is -2.78. The van der Waals surface area contributed by atoms with E-state index in [2.05, 4.69) is 4.98 Å². The summed E-state index contributed by atoms with van der Waals surface area (Å²) in [4.78, 5) is 4.49. The molecular formula is C20H14ClNO2. The summed E-state index contributed by atoms with van der Waals surface area (Å²) >= 11 is 5.88. The number of hydrogen-bond donors (Lipinski definition) is 0. The van der Waals surface area contributed by atoms with Crippen molar-refractivity contribution in [3.63, 3.8) is 0 Å². The molecule has 0 fully saturated rings. The minimum atomic E-state index is 0.499. The van der Waals surface area contributed by atoms with E-state index in [-0.39, 0.29) is 0 Å². The van der Waals surface area contributed by atoms with Crippen LogP contribution in [-0.4, -0.2) is 4.98 Å². The maximum atomic E-state index is 5.88. The van der Waals surface area contributed by atoms with Gasteiger partial charge in [0.15, 0.2) is 5.58 Å². The molecule has 0 unspecified atom stereocenters. The number of benzene rings is 3. The largest absolute Gasteiger partial charge is 0.489 e. The molecule has 1 aromatic heterocycles. The second-order valence-electron chi connectivity index (χ2n) is 5.43. The summed E-state index contributed by atoms with van der Waals surface area (Å²) < 4.78 is 11.6. The monoisotopic (exact) mass is 335 g/mol. The lowest BCUT2D eigenvalue weighted by Crippen LogP contribution is -1.94. The fourth-order valence-corrected chi connectivity index (χ4v) is 2.56. The molecular weight excluding hydrogens is 322 g/mol. The SMILES string of the molecule is Clc1ccc(COc2ccc(-c3nc4ccccc4o3)cc2)cc1. The quantitative estimate of drug-likeness (QED) is 0.478. The average molecular weight is 336 g/mol. The van der Waals surface area contributed by atoms with E-state index in [1.54, 1.807) is 0 Å². The van der Waals surface area contributed by atoms with Gasteiger partial charge in [-0.15, -0.1) is 0 Å². The van der Waals surface area contributed by atoms with E-state index in [9.17, 15) is 0 Å². The smallest absolute Gasteiger partial charge is 0.227 e. The molecule has 0 bridgehead atoms. The first kappa shape index (κ1) is 14.8. The van der Waals surface area contributed by atoms with Crippen LogP contribution in [0.1, 0.15) is 5.56 Å². The Balaban J connectivity index is 1.48. The molecule has 0 spiro atoms. The van der Waals surface area contributed by atoms with Crippen molar-refractivity contribution >= 4 is 22.7 Å². The van der Waals surface area contributed by atoms with Crippen molar-refractivity contribution in [3.05, 3.63) is 83.4 Å². The standard InChI is InChI=1S/C20H14ClNO2/c21-16-9-5-14(6-10-16)13-23-17-11-7-15(8-12-17)20-22-18-3-1-2-4-19(18)24-20/h1-12H,13H2. The second-order valence-corrected chi connectivity index (χ2v) is 5.86. The van der Waals surface area contributed by atoms with Crippen molar-refractivity contribution in [2.24, 2.45) is 0 Å². The number of rotatable bonds is 4. The van der Waals surface area contributed by atoms with Crippen LogP contribution in [0.15, 0.2) is 77.2 Å². The lowest BCUT2D eigenvalue weighted by molar-refractivity contribution is 0.306. The zero-order valence-electron chi connectivity index (χ0n) is 12.8. The van der Waals surface area contributed by atoms with Gasteiger partial charge in [0.1, 0.15) is 17.9 Å². The Bertz CT molecular complexity index is 926. The number of para-hydroxylation sites is 2. The van der Waals surface area contributed by atoms with E-state index in [1.165, 1.54) is 0 Å². The van der Waals surface area contributed by atoms with Gasteiger partial charge in [0.25, 0.3) is 0 Å². The Morgan fingerprint density at radius 1 is 0.875 bits per heavy atom. The van der Waals surface area contributed by atoms with Crippen LogP contribution in [0.3, 0.4) is 0 Å². The molecule has 0 saturated heterocycles. The van der Waals surface area contributed by atoms with Crippen molar-refractivity contribution in [3.8, 4) is 17.2 Å². The van der Waals surface area contributed by atoms with Gasteiger partial charge in [0.05, 0.1) is 0 Å². The van der Waals surface area contributed by atoms with Crippen molar-refractivity contribution < 1.29 is 9.15 Å². The molecule has 0 amide bonds. The maximum Gasteiger partial charge on any atom is 0.227 e. The topological polar surface area (TPSA) is 35.3 Å². The van der Waals surface area contributed by atoms with Gasteiger partial charge in [-0.2, -0.15) is 0 Å². The van der Waals surface area contributed by atoms with Crippen LogP contribution in [0.5, 0.6) is 5.75 Å². The third kappa shape index (κ3) is 3.12.